The zero-order valence-electron chi connectivity index (χ0n) is 73.6. The van der Waals surface area contributed by atoms with E-state index in [0.29, 0.717) is 0 Å². The molecule has 0 saturated carbocycles. The minimum Gasteiger partial charge on any atom is -0.394 e. The van der Waals surface area contributed by atoms with Gasteiger partial charge in [0.1, 0.15) is 256 Å². The van der Waals surface area contributed by atoms with Crippen molar-refractivity contribution in [3.63, 3.8) is 0 Å². The minimum atomic E-state index is -2.77. The molecule has 10 fully saturated rings. The standard InChI is InChI=1S/C76H129N5O55/c1-18-39(97)50(108)54(112)71(119-18)117-16-25(96)59(40(98)24(7-82)77-19(2)91)129-68-36(79-21(4)93)47(105)62(32(14-89)124-68)133-74-58(116)64(45(103)34(128-74)17-118-75-65(53(111)44(102)29(11-86)123-75)135-67-35(78-20(3)92)46(104)41(99)26(8-83)120-67)134-76-66(136-70-38(81-23(6)95)49(107)61(31(13-88)126-70)132-73-56(114)52(110)43(101)28(10-85)122-73)57(115)63(33(15-90)127-76)130-69-37(80-22(5)94)48(106)60(30(12-87)125-69)131-72-55(113)51(109)42(100)27(9-84)121-72/h18,24-76,82-90,96-116H,7-17H2,1-6H3,(H,77,91)(H,78,92)(H,79,93)(H,80,94)(H,81,95)/t18-,24-,25+,26+,27+,28+,29+,30+,31+,32+,33+,34+,35+,36+,37+,38+,39+,40+,41+,42-,43-,44+,45+,46+,47+,48+,49+,50+,51-,52-,53-,54-,55+,56+,57-,58-,59+,60+,61+,62+,63+,64-,65-,66-,67-,68-,69-,70-,71+,72-,73-,74-,75-,76+/m0/s1. The predicted molar refractivity (Wildman–Crippen MR) is 421 cm³/mol. The van der Waals surface area contributed by atoms with Gasteiger partial charge in [-0.1, -0.05) is 0 Å². The van der Waals surface area contributed by atoms with E-state index >= 15 is 0 Å². The summed E-state index contributed by atoms with van der Waals surface area (Å²) in [4.78, 5) is 65.1. The fourth-order valence-electron chi connectivity index (χ4n) is 17.3. The Morgan fingerprint density at radius 2 is 0.581 bits per heavy atom. The lowest BCUT2D eigenvalue weighted by molar-refractivity contribution is -0.406. The minimum absolute atomic E-state index is 0.864. The highest BCUT2D eigenvalue weighted by Gasteiger charge is 2.63. The first-order valence-electron chi connectivity index (χ1n) is 43.4. The number of amides is 5. The average Bonchev–Trinajstić information content (AvgIpc) is 0.753. The Labute approximate surface area is 771 Å². The molecule has 0 spiro atoms. The maximum Gasteiger partial charge on any atom is 0.217 e. The van der Waals surface area contributed by atoms with Crippen LogP contribution in [-0.2, 0) is 119 Å². The summed E-state index contributed by atoms with van der Waals surface area (Å²) in [6, 6.07) is -9.96. The lowest BCUT2D eigenvalue weighted by atomic mass is 9.93. The smallest absolute Gasteiger partial charge is 0.217 e. The second-order valence-electron chi connectivity index (χ2n) is 34.3. The maximum atomic E-state index is 13.4. The van der Waals surface area contributed by atoms with Crippen LogP contribution >= 0.6 is 0 Å². The maximum absolute atomic E-state index is 13.4. The highest BCUT2D eigenvalue weighted by atomic mass is 16.8. The average molecular weight is 1990 g/mol. The van der Waals surface area contributed by atoms with Crippen LogP contribution in [0.1, 0.15) is 41.5 Å². The van der Waals surface area contributed by atoms with Gasteiger partial charge in [0.2, 0.25) is 29.5 Å². The van der Waals surface area contributed by atoms with Crippen LogP contribution in [0.5, 0.6) is 0 Å². The molecule has 10 heterocycles. The van der Waals surface area contributed by atoms with E-state index < -0.39 is 433 Å². The molecule has 5 amide bonds. The highest BCUT2D eigenvalue weighted by molar-refractivity contribution is 5.75. The van der Waals surface area contributed by atoms with Crippen LogP contribution in [0.4, 0.5) is 0 Å². The summed E-state index contributed by atoms with van der Waals surface area (Å²) in [5.74, 6) is -4.95. The second kappa shape index (κ2) is 50.2. The van der Waals surface area contributed by atoms with Gasteiger partial charge in [0.15, 0.2) is 62.9 Å². The molecule has 60 heteroatoms. The van der Waals surface area contributed by atoms with Crippen molar-refractivity contribution < 1.29 is 272 Å². The molecular formula is C76H129N5O55. The molecule has 10 aliphatic heterocycles. The normalized spacial score (nSPS) is 46.7. The fraction of sp³-hybridized carbons (Fsp3) is 0.934. The van der Waals surface area contributed by atoms with Gasteiger partial charge >= 0.3 is 0 Å². The number of rotatable bonds is 39. The summed E-state index contributed by atoms with van der Waals surface area (Å²) in [6.07, 6.45) is -107. The molecule has 10 aliphatic rings. The SMILES string of the molecule is CC(=O)N[C@H]1[C@H](O[C@@H]([C@H](O)[C@H](CO)NC(C)=O)[C@H](O)CO[C@@H]2O[C@@H](C)[C@@H](O)[C@@H](O)[C@@H]2O)O[C@H](CO)[C@@H](O[C@@H]2O[C@H](CO[C@H]3O[C@H](CO)[C@@H](O)[C@H](O)[C@@H]3O[C@@H]3O[C@H](CO)[C@@H](O)[C@H](O)[C@H]3NC(C)=O)[C@@H](O)[C@H](O[C@H]3O[C@H](CO)[C@@H](O[C@@H]4O[C@H](CO)[C@@H](O[C@@H]5O[C@H](CO)[C@H](O)[C@H](O)[C@H]5O)[C@H](O)[C@H]4NC(C)=O)[C@H](O)[C@@H]3O[C@@H]3O[C@H](CO)[C@@H](O[C@@H]4O[C@H](CO)[C@H](O)[C@H](O)[C@H]4O)[C@H](O)[C@H]3NC(C)=O)[C@@H]2O)[C@@H]1O. The summed E-state index contributed by atoms with van der Waals surface area (Å²) in [6.45, 7) is -7.24. The molecule has 0 aromatic carbocycles. The van der Waals surface area contributed by atoms with Gasteiger partial charge < -0.3 is 275 Å². The van der Waals surface area contributed by atoms with Crippen LogP contribution < -0.4 is 26.6 Å². The van der Waals surface area contributed by atoms with Crippen LogP contribution in [0.15, 0.2) is 0 Å². The molecule has 10 saturated heterocycles. The van der Waals surface area contributed by atoms with Crippen LogP contribution in [0.2, 0.25) is 0 Å². The molecule has 136 heavy (non-hydrogen) atoms. The number of carbonyl (C=O) groups is 5. The van der Waals surface area contributed by atoms with Gasteiger partial charge in [-0.25, -0.2) is 0 Å². The van der Waals surface area contributed by atoms with E-state index in [1.165, 1.54) is 6.92 Å². The van der Waals surface area contributed by atoms with Gasteiger partial charge in [-0.05, 0) is 6.92 Å². The molecule has 0 aromatic heterocycles. The first-order chi connectivity index (χ1) is 64.3. The molecule has 0 aromatic rings. The van der Waals surface area contributed by atoms with Gasteiger partial charge in [-0.15, -0.1) is 0 Å². The van der Waals surface area contributed by atoms with Crippen molar-refractivity contribution in [3.8, 4) is 0 Å². The number of hydrogen-bond donors (Lipinski definition) is 35. The molecule has 10 rings (SSSR count). The van der Waals surface area contributed by atoms with Crippen molar-refractivity contribution >= 4 is 29.5 Å². The largest absolute Gasteiger partial charge is 0.394 e. The molecule has 0 aliphatic carbocycles. The molecule has 0 radical (unpaired) electrons. The topological polar surface area (TPSA) is 937 Å². The quantitative estimate of drug-likeness (QED) is 0.0272. The van der Waals surface area contributed by atoms with Gasteiger partial charge in [0.25, 0.3) is 0 Å². The Morgan fingerprint density at radius 3 is 0.993 bits per heavy atom. The first kappa shape index (κ1) is 113. The number of ether oxygens (including phenoxy) is 20. The van der Waals surface area contributed by atoms with E-state index in [9.17, 15) is 177 Å². The van der Waals surface area contributed by atoms with Crippen LogP contribution in [-0.4, -0.2) is 587 Å². The van der Waals surface area contributed by atoms with E-state index in [1.54, 1.807) is 0 Å². The number of carbonyl (C=O) groups excluding carboxylic acids is 5. The molecule has 0 unspecified atom stereocenters. The van der Waals surface area contributed by atoms with Crippen molar-refractivity contribution in [3.05, 3.63) is 0 Å². The van der Waals surface area contributed by atoms with Gasteiger partial charge in [-0.3, -0.25) is 24.0 Å². The van der Waals surface area contributed by atoms with Gasteiger partial charge in [0, 0.05) is 34.6 Å². The monoisotopic (exact) mass is 1990 g/mol. The second-order valence-corrected chi connectivity index (χ2v) is 34.3. The summed E-state index contributed by atoms with van der Waals surface area (Å²) in [7, 11) is 0. The van der Waals surface area contributed by atoms with Crippen molar-refractivity contribution in [2.75, 3.05) is 72.7 Å². The Balaban J connectivity index is 1.06. The van der Waals surface area contributed by atoms with Crippen LogP contribution in [0.3, 0.4) is 0 Å². The number of nitrogens with one attached hydrogen (secondary N) is 5. The Morgan fingerprint density at radius 1 is 0.272 bits per heavy atom. The molecule has 788 valence electrons. The summed E-state index contributed by atoms with van der Waals surface area (Å²) >= 11 is 0. The lowest BCUT2D eigenvalue weighted by Gasteiger charge is -2.52. The molecular weight excluding hydrogens is 1860 g/mol. The van der Waals surface area contributed by atoms with Crippen molar-refractivity contribution in [2.24, 2.45) is 0 Å². The van der Waals surface area contributed by atoms with E-state index in [-0.39, 0.29) is 0 Å². The van der Waals surface area contributed by atoms with Crippen molar-refractivity contribution in [1.29, 1.82) is 0 Å². The van der Waals surface area contributed by atoms with Gasteiger partial charge in [0.05, 0.1) is 84.8 Å². The molecule has 54 atom stereocenters. The first-order valence-corrected chi connectivity index (χ1v) is 43.4. The van der Waals surface area contributed by atoms with Crippen LogP contribution in [0, 0.1) is 0 Å². The molecule has 0 bridgehead atoms. The van der Waals surface area contributed by atoms with E-state index in [4.69, 9.17) is 94.7 Å². The number of hydrogen-bond acceptors (Lipinski definition) is 55. The third kappa shape index (κ3) is 25.8. The van der Waals surface area contributed by atoms with E-state index in [0.717, 1.165) is 34.6 Å². The van der Waals surface area contributed by atoms with Crippen molar-refractivity contribution in [2.45, 2.75) is 373 Å². The van der Waals surface area contributed by atoms with E-state index in [1.807, 2.05) is 0 Å². The Bertz CT molecular complexity index is 3710. The molecule has 35 N–H and O–H groups in total. The van der Waals surface area contributed by atoms with E-state index in [2.05, 4.69) is 26.6 Å². The van der Waals surface area contributed by atoms with Crippen molar-refractivity contribution in [1.82, 2.24) is 26.6 Å². The van der Waals surface area contributed by atoms with Gasteiger partial charge in [-0.2, -0.15) is 0 Å². The Kier molecular flexibility index (Phi) is 41.9. The molecule has 60 nitrogen and oxygen atoms in total. The number of aliphatic hydroxyl groups is 30. The van der Waals surface area contributed by atoms with Crippen LogP contribution in [0.25, 0.3) is 0 Å². The number of aliphatic hydroxyl groups excluding tert-OH is 30. The Hall–Kier alpha value is -4.65. The third-order valence-corrected chi connectivity index (χ3v) is 24.6. The zero-order chi connectivity index (χ0) is 101. The zero-order valence-corrected chi connectivity index (χ0v) is 73.6. The predicted octanol–water partition coefficient (Wildman–Crippen LogP) is -23.6. The summed E-state index contributed by atoms with van der Waals surface area (Å²) in [5, 5.41) is 350. The highest BCUT2D eigenvalue weighted by Crippen LogP contribution is 2.42. The lowest BCUT2D eigenvalue weighted by Crippen LogP contribution is -2.71. The fourth-order valence-corrected chi connectivity index (χ4v) is 17.3. The summed E-state index contributed by atoms with van der Waals surface area (Å²) in [5.41, 5.74) is 0. The third-order valence-electron chi connectivity index (χ3n) is 24.6. The summed E-state index contributed by atoms with van der Waals surface area (Å²) < 4.78 is 120.